The minimum atomic E-state index is -7.22. The van der Waals surface area contributed by atoms with Crippen LogP contribution in [-0.2, 0) is 19.5 Å². The number of hydrogen-bond acceptors (Lipinski definition) is 2. The van der Waals surface area contributed by atoms with Gasteiger partial charge in [0.2, 0.25) is 0 Å². The monoisotopic (exact) mass is 1620 g/mol. The minimum absolute atomic E-state index is 0. The summed E-state index contributed by atoms with van der Waals surface area (Å²) >= 11 is 0. The molecule has 0 N–H and O–H groups in total. The first-order valence-corrected chi connectivity index (χ1v) is 25.7. The number of halogens is 40. The van der Waals surface area contributed by atoms with Gasteiger partial charge in [0, 0.05) is 12.4 Å². The normalized spacial score (nSPS) is 11.6. The molecule has 8 aromatic carbocycles. The molecule has 103 heavy (non-hydrogen) atoms. The summed E-state index contributed by atoms with van der Waals surface area (Å²) in [5, 5.41) is 0. The fourth-order valence-electron chi connectivity index (χ4n) is 10.8. The number of nitrogens with zero attached hydrogens (tertiary/aromatic N) is 2. The molecular weight excluding hydrogens is 1610 g/mol. The summed E-state index contributed by atoms with van der Waals surface area (Å²) < 4.78 is 588. The Labute approximate surface area is 552 Å². The fourth-order valence-corrected chi connectivity index (χ4v) is 10.8. The fraction of sp³-hybridized carbons (Fsp3) is 0. The van der Waals surface area contributed by atoms with Gasteiger partial charge in [-0.05, 0) is 24.3 Å². The second kappa shape index (κ2) is 29.0. The van der Waals surface area contributed by atoms with Crippen molar-refractivity contribution in [2.45, 2.75) is 0 Å². The van der Waals surface area contributed by atoms with E-state index in [9.17, 15) is 105 Å². The standard InChI is InChI=1S/2C24BF20.C10H8N2.Ru/c2*26-5-1(6(27)14(35)21(42)13(5)34)25(2-7(28)15(36)22(43)16(37)8(2)29,3-9(30)17(38)23(44)18(39)10(3)31)4-11(32)19(40)24(45)20(41)12(4)33;1-3-7-11-9(5-1)10-6-2-4-8-12-10;/h;;1-8H;/q2*-1;;+2. The zero-order valence-corrected chi connectivity index (χ0v) is 48.9. The maximum absolute atomic E-state index is 15.4. The van der Waals surface area contributed by atoms with Gasteiger partial charge in [0.15, 0.2) is 140 Å². The molecule has 2 nitrogen and oxygen atoms in total. The van der Waals surface area contributed by atoms with Crippen LogP contribution in [0, 0.1) is 233 Å². The van der Waals surface area contributed by atoms with E-state index < -0.39 is 289 Å². The van der Waals surface area contributed by atoms with Crippen molar-refractivity contribution in [2.75, 3.05) is 0 Å². The Hall–Kier alpha value is -9.99. The van der Waals surface area contributed by atoms with Crippen molar-refractivity contribution in [1.29, 1.82) is 0 Å². The molecule has 10 rings (SSSR count). The largest absolute Gasteiger partial charge is 2.00 e. The first-order valence-electron chi connectivity index (χ1n) is 25.7. The van der Waals surface area contributed by atoms with Crippen LogP contribution < -0.4 is 43.7 Å². The Morgan fingerprint density at radius 1 is 0.146 bits per heavy atom. The Kier molecular flexibility index (Phi) is 22.6. The van der Waals surface area contributed by atoms with Gasteiger partial charge in [-0.25, -0.2) is 176 Å². The molecule has 2 aromatic heterocycles. The summed E-state index contributed by atoms with van der Waals surface area (Å²) in [6.07, 6.45) is -10.9. The van der Waals surface area contributed by atoms with Gasteiger partial charge in [0.25, 0.3) is 0 Å². The van der Waals surface area contributed by atoms with E-state index in [2.05, 4.69) is 9.97 Å². The van der Waals surface area contributed by atoms with E-state index >= 15 is 70.2 Å². The molecule has 0 bridgehead atoms. The van der Waals surface area contributed by atoms with E-state index in [1.54, 1.807) is 12.4 Å². The van der Waals surface area contributed by atoms with Gasteiger partial charge in [-0.15, -0.1) is 43.7 Å². The summed E-state index contributed by atoms with van der Waals surface area (Å²) in [6, 6.07) is 11.6. The first kappa shape index (κ1) is 80.3. The van der Waals surface area contributed by atoms with Crippen LogP contribution in [0.25, 0.3) is 11.4 Å². The molecule has 544 valence electrons. The third kappa shape index (κ3) is 11.9. The predicted octanol–water partition coefficient (Wildman–Crippen LogP) is 13.8. The maximum atomic E-state index is 15.4. The molecule has 2 heterocycles. The van der Waals surface area contributed by atoms with Gasteiger partial charge in [0.05, 0.1) is 11.4 Å². The maximum Gasteiger partial charge on any atom is 2.00 e. The topological polar surface area (TPSA) is 25.8 Å². The van der Waals surface area contributed by atoms with Crippen LogP contribution in [0.4, 0.5) is 176 Å². The van der Waals surface area contributed by atoms with Gasteiger partial charge >= 0.3 is 19.5 Å². The van der Waals surface area contributed by atoms with E-state index in [4.69, 9.17) is 0 Å². The first-order chi connectivity index (χ1) is 47.4. The van der Waals surface area contributed by atoms with E-state index in [-0.39, 0.29) is 19.5 Å². The molecule has 0 radical (unpaired) electrons. The molecule has 0 spiro atoms. The quantitative estimate of drug-likeness (QED) is 0.0623. The molecule has 0 unspecified atom stereocenters. The Morgan fingerprint density at radius 3 is 0.330 bits per heavy atom. The summed E-state index contributed by atoms with van der Waals surface area (Å²) in [5.74, 6) is -143. The number of hydrogen-bond donors (Lipinski definition) is 0. The smallest absolute Gasteiger partial charge is 0.255 e. The van der Waals surface area contributed by atoms with Crippen molar-refractivity contribution >= 4 is 56.0 Å². The molecule has 0 saturated carbocycles. The zero-order chi connectivity index (χ0) is 76.9. The molecule has 0 aliphatic rings. The third-order valence-corrected chi connectivity index (χ3v) is 15.0. The van der Waals surface area contributed by atoms with Crippen molar-refractivity contribution in [2.24, 2.45) is 0 Å². The van der Waals surface area contributed by atoms with Crippen molar-refractivity contribution in [3.8, 4) is 11.4 Å². The minimum Gasteiger partial charge on any atom is -0.255 e. The average molecular weight is 1620 g/mol. The molecule has 0 aliphatic heterocycles. The van der Waals surface area contributed by atoms with Crippen molar-refractivity contribution in [3.63, 3.8) is 0 Å². The summed E-state index contributed by atoms with van der Waals surface area (Å²) in [5.41, 5.74) is -26.8. The molecule has 0 fully saturated rings. The summed E-state index contributed by atoms with van der Waals surface area (Å²) in [6.45, 7) is 0. The van der Waals surface area contributed by atoms with Gasteiger partial charge in [-0.3, -0.25) is 9.97 Å². The molecule has 0 atom stereocenters. The van der Waals surface area contributed by atoms with Gasteiger partial charge < -0.3 is 0 Å². The zero-order valence-electron chi connectivity index (χ0n) is 47.1. The molecule has 0 saturated heterocycles. The van der Waals surface area contributed by atoms with E-state index in [1.807, 2.05) is 36.4 Å². The van der Waals surface area contributed by atoms with Crippen LogP contribution in [0.15, 0.2) is 48.8 Å². The Balaban J connectivity index is 0.000000245. The number of pyridine rings is 2. The number of rotatable bonds is 9. The molecule has 10 aromatic rings. The molecule has 0 amide bonds. The van der Waals surface area contributed by atoms with Crippen LogP contribution in [0.2, 0.25) is 0 Å². The SMILES string of the molecule is Fc1c(F)c(F)c([B-](c2c(F)c(F)c(F)c(F)c2F)(c2c(F)c(F)c(F)c(F)c2F)c2c(F)c(F)c(F)c(F)c2F)c(F)c1F.Fc1c(F)c(F)c([B-](c2c(F)c(F)c(F)c(F)c2F)(c2c(F)c(F)c(F)c(F)c2F)c2c(F)c(F)c(F)c(F)c2F)c(F)c1F.[Ru+2].c1ccc(-c2ccccn2)nc1. The van der Waals surface area contributed by atoms with Crippen LogP contribution >= 0.6 is 0 Å². The Morgan fingerprint density at radius 2 is 0.243 bits per heavy atom. The van der Waals surface area contributed by atoms with Crippen molar-refractivity contribution in [3.05, 3.63) is 281 Å². The molecular formula is C58H8B2F40N2Ru. The second-order valence-corrected chi connectivity index (χ2v) is 20.0. The van der Waals surface area contributed by atoms with Gasteiger partial charge in [0.1, 0.15) is 105 Å². The average Bonchev–Trinajstić information content (AvgIpc) is 0.687. The summed E-state index contributed by atoms with van der Waals surface area (Å²) in [4.78, 5) is 8.37. The van der Waals surface area contributed by atoms with Crippen molar-refractivity contribution in [1.82, 2.24) is 9.97 Å². The third-order valence-electron chi connectivity index (χ3n) is 15.0. The van der Waals surface area contributed by atoms with Crippen molar-refractivity contribution < 1.29 is 195 Å². The molecule has 0 aliphatic carbocycles. The van der Waals surface area contributed by atoms with Gasteiger partial charge in [-0.2, -0.15) is 0 Å². The summed E-state index contributed by atoms with van der Waals surface area (Å²) in [7, 11) is 0. The van der Waals surface area contributed by atoms with Crippen LogP contribution in [-0.4, -0.2) is 22.3 Å². The number of aromatic nitrogens is 2. The van der Waals surface area contributed by atoms with E-state index in [1.165, 1.54) is 0 Å². The second-order valence-electron chi connectivity index (χ2n) is 20.0. The molecule has 45 heteroatoms. The van der Waals surface area contributed by atoms with Crippen LogP contribution in [0.1, 0.15) is 0 Å². The van der Waals surface area contributed by atoms with Crippen LogP contribution in [0.5, 0.6) is 0 Å². The van der Waals surface area contributed by atoms with Gasteiger partial charge in [-0.1, -0.05) is 12.1 Å². The van der Waals surface area contributed by atoms with E-state index in [0.29, 0.717) is 0 Å². The van der Waals surface area contributed by atoms with E-state index in [0.717, 1.165) is 11.4 Å². The Bertz CT molecular complexity index is 4080. The van der Waals surface area contributed by atoms with Crippen LogP contribution in [0.3, 0.4) is 0 Å². The number of benzene rings is 8. The predicted molar refractivity (Wildman–Crippen MR) is 266 cm³/mol.